The van der Waals surface area contributed by atoms with Gasteiger partial charge in [0.05, 0.1) is 20.6 Å². The summed E-state index contributed by atoms with van der Waals surface area (Å²) < 4.78 is 17.0. The summed E-state index contributed by atoms with van der Waals surface area (Å²) in [5.41, 5.74) is 2.04. The summed E-state index contributed by atoms with van der Waals surface area (Å²) in [7, 11) is 3.25. The van der Waals surface area contributed by atoms with E-state index in [1.165, 1.54) is 0 Å². The molecule has 2 aromatic rings. The monoisotopic (exact) mass is 370 g/mol. The minimum absolute atomic E-state index is 0.0514. The van der Waals surface area contributed by atoms with Gasteiger partial charge in [-0.2, -0.15) is 0 Å². The van der Waals surface area contributed by atoms with E-state index in [9.17, 15) is 4.79 Å². The standard InChI is InChI=1S/C21H26N2O4/c1-4-11-23-17-10-9-16(25-2)12-15(17)14-22-20(24)13-21(23)27-19-8-6-5-7-18(19)26-3/h5-10,12,21H,4,11,13-14H2,1-3H3,(H,22,24). The number of rotatable bonds is 6. The summed E-state index contributed by atoms with van der Waals surface area (Å²) >= 11 is 0. The zero-order valence-electron chi connectivity index (χ0n) is 16.0. The minimum atomic E-state index is -0.436. The Morgan fingerprint density at radius 3 is 2.59 bits per heavy atom. The predicted molar refractivity (Wildman–Crippen MR) is 105 cm³/mol. The molecule has 0 aliphatic carbocycles. The maximum atomic E-state index is 12.4. The summed E-state index contributed by atoms with van der Waals surface area (Å²) in [6.45, 7) is 3.35. The molecule has 1 amide bonds. The molecular formula is C21H26N2O4. The summed E-state index contributed by atoms with van der Waals surface area (Å²) in [5, 5.41) is 2.97. The van der Waals surface area contributed by atoms with Crippen LogP contribution in [-0.4, -0.2) is 32.9 Å². The third-order valence-electron chi connectivity index (χ3n) is 4.58. The number of para-hydroxylation sites is 2. The number of nitrogens with one attached hydrogen (secondary N) is 1. The maximum Gasteiger partial charge on any atom is 0.225 e. The zero-order valence-corrected chi connectivity index (χ0v) is 16.0. The molecule has 0 radical (unpaired) electrons. The molecule has 0 spiro atoms. The Morgan fingerprint density at radius 1 is 1.11 bits per heavy atom. The number of ether oxygens (including phenoxy) is 3. The quantitative estimate of drug-likeness (QED) is 0.845. The van der Waals surface area contributed by atoms with Crippen molar-refractivity contribution >= 4 is 11.6 Å². The van der Waals surface area contributed by atoms with E-state index in [2.05, 4.69) is 17.1 Å². The molecule has 6 heteroatoms. The molecule has 1 aliphatic heterocycles. The highest BCUT2D eigenvalue weighted by atomic mass is 16.5. The Morgan fingerprint density at radius 2 is 1.89 bits per heavy atom. The van der Waals surface area contributed by atoms with Gasteiger partial charge >= 0.3 is 0 Å². The smallest absolute Gasteiger partial charge is 0.225 e. The average Bonchev–Trinajstić information content (AvgIpc) is 2.69. The van der Waals surface area contributed by atoms with Crippen molar-refractivity contribution in [1.82, 2.24) is 5.32 Å². The van der Waals surface area contributed by atoms with Crippen molar-refractivity contribution in [1.29, 1.82) is 0 Å². The van der Waals surface area contributed by atoms with Gasteiger partial charge in [-0.15, -0.1) is 0 Å². The number of hydrogen-bond donors (Lipinski definition) is 1. The Kier molecular flexibility index (Phi) is 6.06. The molecule has 1 unspecified atom stereocenters. The van der Waals surface area contributed by atoms with Gasteiger partial charge in [-0.25, -0.2) is 0 Å². The normalized spacial score (nSPS) is 16.6. The van der Waals surface area contributed by atoms with E-state index in [0.29, 0.717) is 18.0 Å². The van der Waals surface area contributed by atoms with Gasteiger partial charge in [-0.3, -0.25) is 4.79 Å². The van der Waals surface area contributed by atoms with Crippen molar-refractivity contribution < 1.29 is 19.0 Å². The van der Waals surface area contributed by atoms with E-state index >= 15 is 0 Å². The molecule has 2 aromatic carbocycles. The van der Waals surface area contributed by atoms with E-state index in [1.54, 1.807) is 14.2 Å². The first-order valence-electron chi connectivity index (χ1n) is 9.16. The molecule has 6 nitrogen and oxygen atoms in total. The van der Waals surface area contributed by atoms with E-state index < -0.39 is 6.23 Å². The number of nitrogens with zero attached hydrogens (tertiary/aromatic N) is 1. The lowest BCUT2D eigenvalue weighted by atomic mass is 10.1. The molecule has 0 bridgehead atoms. The van der Waals surface area contributed by atoms with Gasteiger partial charge in [0.25, 0.3) is 0 Å². The van der Waals surface area contributed by atoms with Crippen LogP contribution in [0, 0.1) is 0 Å². The van der Waals surface area contributed by atoms with E-state index in [0.717, 1.165) is 30.0 Å². The number of amides is 1. The van der Waals surface area contributed by atoms with Gasteiger partial charge in [0, 0.05) is 18.8 Å². The number of anilines is 1. The van der Waals surface area contributed by atoms with Gasteiger partial charge in [-0.1, -0.05) is 19.1 Å². The molecule has 1 atom stereocenters. The van der Waals surface area contributed by atoms with Crippen LogP contribution >= 0.6 is 0 Å². The second-order valence-corrected chi connectivity index (χ2v) is 6.39. The lowest BCUT2D eigenvalue weighted by molar-refractivity contribution is -0.123. The van der Waals surface area contributed by atoms with Gasteiger partial charge < -0.3 is 24.4 Å². The fourth-order valence-electron chi connectivity index (χ4n) is 3.27. The number of fused-ring (bicyclic) bond motifs is 1. The molecule has 1 aliphatic rings. The molecule has 0 saturated heterocycles. The molecule has 1 heterocycles. The summed E-state index contributed by atoms with van der Waals surface area (Å²) in [6, 6.07) is 13.4. The first-order valence-corrected chi connectivity index (χ1v) is 9.16. The van der Waals surface area contributed by atoms with Crippen molar-refractivity contribution in [2.24, 2.45) is 0 Å². The van der Waals surface area contributed by atoms with Crippen LogP contribution in [0.2, 0.25) is 0 Å². The van der Waals surface area contributed by atoms with Crippen LogP contribution in [0.25, 0.3) is 0 Å². The van der Waals surface area contributed by atoms with Crippen molar-refractivity contribution in [2.45, 2.75) is 32.5 Å². The number of benzene rings is 2. The molecule has 0 fully saturated rings. The lowest BCUT2D eigenvalue weighted by Gasteiger charge is -2.36. The van der Waals surface area contributed by atoms with Crippen LogP contribution in [0.4, 0.5) is 5.69 Å². The van der Waals surface area contributed by atoms with Crippen LogP contribution in [0.5, 0.6) is 17.2 Å². The third kappa shape index (κ3) is 4.27. The zero-order chi connectivity index (χ0) is 19.2. The molecule has 3 rings (SSSR count). The minimum Gasteiger partial charge on any atom is -0.497 e. The SMILES string of the molecule is CCCN1c2ccc(OC)cc2CNC(=O)CC1Oc1ccccc1OC. The van der Waals surface area contributed by atoms with E-state index in [-0.39, 0.29) is 12.3 Å². The van der Waals surface area contributed by atoms with Crippen LogP contribution in [-0.2, 0) is 11.3 Å². The van der Waals surface area contributed by atoms with Crippen LogP contribution in [0.3, 0.4) is 0 Å². The third-order valence-corrected chi connectivity index (χ3v) is 4.58. The van der Waals surface area contributed by atoms with Gasteiger partial charge in [0.15, 0.2) is 17.7 Å². The van der Waals surface area contributed by atoms with Crippen molar-refractivity contribution in [3.63, 3.8) is 0 Å². The number of hydrogen-bond acceptors (Lipinski definition) is 5. The summed E-state index contributed by atoms with van der Waals surface area (Å²) in [6.07, 6.45) is 0.733. The van der Waals surface area contributed by atoms with Gasteiger partial charge in [-0.05, 0) is 42.3 Å². The topological polar surface area (TPSA) is 60.0 Å². The maximum absolute atomic E-state index is 12.4. The largest absolute Gasteiger partial charge is 0.497 e. The summed E-state index contributed by atoms with van der Waals surface area (Å²) in [4.78, 5) is 14.6. The molecule has 0 aromatic heterocycles. The Balaban J connectivity index is 2.00. The average molecular weight is 370 g/mol. The molecule has 0 saturated carbocycles. The van der Waals surface area contributed by atoms with Crippen molar-refractivity contribution in [3.8, 4) is 17.2 Å². The molecule has 1 N–H and O–H groups in total. The van der Waals surface area contributed by atoms with Crippen LogP contribution in [0.15, 0.2) is 42.5 Å². The number of methoxy groups -OCH3 is 2. The fourth-order valence-corrected chi connectivity index (χ4v) is 3.27. The Bertz CT molecular complexity index is 794. The van der Waals surface area contributed by atoms with E-state index in [4.69, 9.17) is 14.2 Å². The highest BCUT2D eigenvalue weighted by Crippen LogP contribution is 2.33. The number of carbonyl (C=O) groups is 1. The second kappa shape index (κ2) is 8.66. The highest BCUT2D eigenvalue weighted by molar-refractivity contribution is 5.78. The van der Waals surface area contributed by atoms with Gasteiger partial charge in [0.1, 0.15) is 5.75 Å². The highest BCUT2D eigenvalue weighted by Gasteiger charge is 2.28. The molecular weight excluding hydrogens is 344 g/mol. The Labute approximate surface area is 160 Å². The predicted octanol–water partition coefficient (Wildman–Crippen LogP) is 3.35. The fraction of sp³-hybridized carbons (Fsp3) is 0.381. The van der Waals surface area contributed by atoms with Crippen LogP contribution in [0.1, 0.15) is 25.3 Å². The first-order chi connectivity index (χ1) is 13.2. The molecule has 144 valence electrons. The first kappa shape index (κ1) is 18.9. The van der Waals surface area contributed by atoms with Crippen molar-refractivity contribution in [3.05, 3.63) is 48.0 Å². The van der Waals surface area contributed by atoms with E-state index in [1.807, 2.05) is 42.5 Å². The molecule has 27 heavy (non-hydrogen) atoms. The summed E-state index contributed by atoms with van der Waals surface area (Å²) in [5.74, 6) is 1.98. The van der Waals surface area contributed by atoms with Crippen LogP contribution < -0.4 is 24.4 Å². The Hall–Kier alpha value is -2.89. The second-order valence-electron chi connectivity index (χ2n) is 6.39. The van der Waals surface area contributed by atoms with Gasteiger partial charge in [0.2, 0.25) is 5.91 Å². The lowest BCUT2D eigenvalue weighted by Crippen LogP contribution is -2.46. The number of carbonyl (C=O) groups excluding carboxylic acids is 1. The van der Waals surface area contributed by atoms with Crippen molar-refractivity contribution in [2.75, 3.05) is 25.7 Å².